The summed E-state index contributed by atoms with van der Waals surface area (Å²) >= 11 is 0. The number of fused-ring (bicyclic) bond motifs is 1. The molecule has 3 heterocycles. The van der Waals surface area contributed by atoms with Crippen molar-refractivity contribution in [2.45, 2.75) is 46.0 Å². The number of hydrogen-bond donors (Lipinski definition) is 1. The van der Waals surface area contributed by atoms with Crippen molar-refractivity contribution in [2.75, 3.05) is 5.32 Å². The van der Waals surface area contributed by atoms with Gasteiger partial charge in [-0.15, -0.1) is 0 Å². The molecule has 1 amide bonds. The second-order valence-corrected chi connectivity index (χ2v) is 7.57. The van der Waals surface area contributed by atoms with Gasteiger partial charge in [-0.25, -0.2) is 4.98 Å². The minimum absolute atomic E-state index is 0.00590. The van der Waals surface area contributed by atoms with E-state index in [9.17, 15) is 4.79 Å². The van der Waals surface area contributed by atoms with Crippen LogP contribution in [0.2, 0.25) is 0 Å². The maximum Gasteiger partial charge on any atom is 0.228 e. The number of amides is 1. The molecule has 1 aliphatic rings. The summed E-state index contributed by atoms with van der Waals surface area (Å²) in [6.45, 7) is 3.81. The number of imidazole rings is 1. The largest absolute Gasteiger partial charge is 0.361 e. The number of aryl methyl sites for hydroxylation is 2. The third kappa shape index (κ3) is 3.50. The minimum atomic E-state index is 0.00590. The number of aromatic nitrogens is 3. The highest BCUT2D eigenvalue weighted by atomic mass is 16.5. The molecule has 0 radical (unpaired) electrons. The standard InChI is InChI=1S/C21H23N5O2/c1-13-20(14(2)28-25-13)16-7-9-26-12-18(23-19(26)11-16)24-21(27)17-6-5-15(10-17)4-3-8-22/h7,9,11-12,15,17H,3-6,10H2,1-2H3,(H,24,27)/t15?,17-/m0/s1. The molecule has 7 heteroatoms. The zero-order valence-corrected chi connectivity index (χ0v) is 16.1. The van der Waals surface area contributed by atoms with Gasteiger partial charge in [0.15, 0.2) is 5.82 Å². The summed E-state index contributed by atoms with van der Waals surface area (Å²) in [5.41, 5.74) is 3.56. The van der Waals surface area contributed by atoms with Gasteiger partial charge >= 0.3 is 0 Å². The fourth-order valence-electron chi connectivity index (χ4n) is 4.16. The zero-order valence-electron chi connectivity index (χ0n) is 16.1. The van der Waals surface area contributed by atoms with Gasteiger partial charge in [-0.05, 0) is 63.1 Å². The predicted molar refractivity (Wildman–Crippen MR) is 104 cm³/mol. The number of nitrogens with zero attached hydrogens (tertiary/aromatic N) is 4. The lowest BCUT2D eigenvalue weighted by Gasteiger charge is -2.09. The van der Waals surface area contributed by atoms with Crippen LogP contribution in [0.4, 0.5) is 5.82 Å². The SMILES string of the molecule is Cc1noc(C)c1-c1ccn2cc(NC(=O)[C@H]3CCC(CCC#N)C3)nc2c1. The van der Waals surface area contributed by atoms with E-state index in [1.165, 1.54) is 0 Å². The summed E-state index contributed by atoms with van der Waals surface area (Å²) < 4.78 is 7.15. The number of carbonyl (C=O) groups excluding carboxylic acids is 1. The Morgan fingerprint density at radius 1 is 1.43 bits per heavy atom. The van der Waals surface area contributed by atoms with Crippen molar-refractivity contribution in [3.63, 3.8) is 0 Å². The fourth-order valence-corrected chi connectivity index (χ4v) is 4.16. The lowest BCUT2D eigenvalue weighted by atomic mass is 10.00. The van der Waals surface area contributed by atoms with E-state index in [2.05, 4.69) is 21.5 Å². The average Bonchev–Trinajstić information content (AvgIpc) is 3.38. The lowest BCUT2D eigenvalue weighted by Crippen LogP contribution is -2.20. The molecular weight excluding hydrogens is 354 g/mol. The van der Waals surface area contributed by atoms with Crippen molar-refractivity contribution in [2.24, 2.45) is 11.8 Å². The molecule has 7 nitrogen and oxygen atoms in total. The van der Waals surface area contributed by atoms with Crippen LogP contribution < -0.4 is 5.32 Å². The Hall–Kier alpha value is -3.14. The van der Waals surface area contributed by atoms with Crippen LogP contribution in [-0.4, -0.2) is 20.4 Å². The van der Waals surface area contributed by atoms with Crippen LogP contribution in [0.25, 0.3) is 16.8 Å². The third-order valence-electron chi connectivity index (χ3n) is 5.61. The van der Waals surface area contributed by atoms with Gasteiger partial charge < -0.3 is 14.2 Å². The molecule has 0 aliphatic heterocycles. The average molecular weight is 377 g/mol. The molecule has 28 heavy (non-hydrogen) atoms. The van der Waals surface area contributed by atoms with Crippen LogP contribution in [0.5, 0.6) is 0 Å². The summed E-state index contributed by atoms with van der Waals surface area (Å²) in [6, 6.07) is 6.15. The summed E-state index contributed by atoms with van der Waals surface area (Å²) in [7, 11) is 0. The van der Waals surface area contributed by atoms with Crippen LogP contribution in [0.3, 0.4) is 0 Å². The number of rotatable bonds is 5. The highest BCUT2D eigenvalue weighted by molar-refractivity contribution is 5.92. The number of anilines is 1. The van der Waals surface area contributed by atoms with Crippen molar-refractivity contribution in [1.29, 1.82) is 5.26 Å². The molecule has 4 rings (SSSR count). The Balaban J connectivity index is 1.48. The summed E-state index contributed by atoms with van der Waals surface area (Å²) in [5.74, 6) is 1.84. The maximum atomic E-state index is 12.6. The minimum Gasteiger partial charge on any atom is -0.361 e. The van der Waals surface area contributed by atoms with Crippen molar-refractivity contribution in [3.05, 3.63) is 36.0 Å². The fraction of sp³-hybridized carbons (Fsp3) is 0.429. The van der Waals surface area contributed by atoms with Crippen LogP contribution in [0.15, 0.2) is 29.0 Å². The van der Waals surface area contributed by atoms with Crippen molar-refractivity contribution >= 4 is 17.4 Å². The summed E-state index contributed by atoms with van der Waals surface area (Å²) in [6.07, 6.45) is 7.96. The maximum absolute atomic E-state index is 12.6. The van der Waals surface area contributed by atoms with Gasteiger partial charge in [-0.3, -0.25) is 4.79 Å². The van der Waals surface area contributed by atoms with Crippen LogP contribution >= 0.6 is 0 Å². The van der Waals surface area contributed by atoms with Gasteiger partial charge in [0.2, 0.25) is 5.91 Å². The van der Waals surface area contributed by atoms with Gasteiger partial charge in [-0.2, -0.15) is 5.26 Å². The van der Waals surface area contributed by atoms with Gasteiger partial charge in [0.25, 0.3) is 0 Å². The Bertz CT molecular complexity index is 1040. The number of hydrogen-bond acceptors (Lipinski definition) is 5. The Labute approximate surface area is 163 Å². The van der Waals surface area contributed by atoms with Gasteiger partial charge in [0.05, 0.1) is 18.0 Å². The molecule has 1 saturated carbocycles. The van der Waals surface area contributed by atoms with E-state index >= 15 is 0 Å². The normalized spacial score (nSPS) is 19.0. The van der Waals surface area contributed by atoms with Crippen molar-refractivity contribution in [1.82, 2.24) is 14.5 Å². The van der Waals surface area contributed by atoms with E-state index in [1.807, 2.05) is 42.8 Å². The van der Waals surface area contributed by atoms with E-state index in [4.69, 9.17) is 9.78 Å². The van der Waals surface area contributed by atoms with Gasteiger partial charge in [0, 0.05) is 24.1 Å². The molecule has 0 spiro atoms. The Morgan fingerprint density at radius 3 is 3.04 bits per heavy atom. The van der Waals surface area contributed by atoms with E-state index in [0.29, 0.717) is 18.2 Å². The molecular formula is C21H23N5O2. The molecule has 1 unspecified atom stereocenters. The Kier molecular flexibility index (Phi) is 4.86. The van der Waals surface area contributed by atoms with Gasteiger partial charge in [0.1, 0.15) is 11.4 Å². The molecule has 1 aliphatic carbocycles. The first-order valence-electron chi connectivity index (χ1n) is 9.65. The number of nitriles is 1. The molecule has 3 aromatic heterocycles. The number of nitrogens with one attached hydrogen (secondary N) is 1. The van der Waals surface area contributed by atoms with E-state index < -0.39 is 0 Å². The molecule has 0 bridgehead atoms. The van der Waals surface area contributed by atoms with E-state index in [0.717, 1.165) is 53.9 Å². The summed E-state index contributed by atoms with van der Waals surface area (Å²) in [5, 5.41) is 15.7. The molecule has 144 valence electrons. The second kappa shape index (κ2) is 7.47. The van der Waals surface area contributed by atoms with Crippen LogP contribution in [0.1, 0.15) is 43.6 Å². The Morgan fingerprint density at radius 2 is 2.29 bits per heavy atom. The molecule has 0 saturated heterocycles. The highest BCUT2D eigenvalue weighted by Crippen LogP contribution is 2.34. The monoisotopic (exact) mass is 377 g/mol. The third-order valence-corrected chi connectivity index (χ3v) is 5.61. The van der Waals surface area contributed by atoms with E-state index in [1.54, 1.807) is 0 Å². The highest BCUT2D eigenvalue weighted by Gasteiger charge is 2.29. The van der Waals surface area contributed by atoms with E-state index in [-0.39, 0.29) is 11.8 Å². The van der Waals surface area contributed by atoms with Crippen LogP contribution in [-0.2, 0) is 4.79 Å². The van der Waals surface area contributed by atoms with Crippen molar-refractivity contribution in [3.8, 4) is 17.2 Å². The summed E-state index contributed by atoms with van der Waals surface area (Å²) in [4.78, 5) is 17.2. The first-order chi connectivity index (χ1) is 13.5. The molecule has 0 aromatic carbocycles. The smallest absolute Gasteiger partial charge is 0.228 e. The quantitative estimate of drug-likeness (QED) is 0.716. The van der Waals surface area contributed by atoms with Crippen molar-refractivity contribution < 1.29 is 9.32 Å². The predicted octanol–water partition coefficient (Wildman–Crippen LogP) is 4.26. The molecule has 3 aromatic rings. The van der Waals surface area contributed by atoms with Crippen LogP contribution in [0, 0.1) is 37.0 Å². The number of carbonyl (C=O) groups is 1. The first-order valence-corrected chi connectivity index (χ1v) is 9.65. The van der Waals surface area contributed by atoms with Gasteiger partial charge in [-0.1, -0.05) is 5.16 Å². The number of pyridine rings is 1. The molecule has 2 atom stereocenters. The lowest BCUT2D eigenvalue weighted by molar-refractivity contribution is -0.119. The molecule has 1 N–H and O–H groups in total. The topological polar surface area (TPSA) is 96.2 Å². The zero-order chi connectivity index (χ0) is 19.7. The second-order valence-electron chi connectivity index (χ2n) is 7.57. The molecule has 1 fully saturated rings. The first kappa shape index (κ1) is 18.2.